The fourth-order valence-corrected chi connectivity index (χ4v) is 3.31. The number of rotatable bonds is 7. The Morgan fingerprint density at radius 3 is 2.19 bits per heavy atom. The van der Waals surface area contributed by atoms with Gasteiger partial charge in [-0.1, -0.05) is 43.4 Å². The number of hydrogen-bond acceptors (Lipinski definition) is 2. The maximum absolute atomic E-state index is 11.9. The zero-order valence-corrected chi connectivity index (χ0v) is 12.3. The molecule has 0 amide bonds. The molecule has 3 unspecified atom stereocenters. The van der Waals surface area contributed by atoms with E-state index < -0.39 is 28.7 Å². The maximum Gasteiger partial charge on any atom is 0.314 e. The standard InChI is InChI=1S/C17H22O4/c1-5-8-16(14(18)19)10-13(7-3)11-17(9-6-2,12(16)4)15(20)21/h5-7,10,12H,1-3,8-9,11H2,4H3,(H,18,19)(H,20,21). The first-order valence-corrected chi connectivity index (χ1v) is 6.83. The first-order chi connectivity index (χ1) is 9.80. The minimum Gasteiger partial charge on any atom is -0.481 e. The van der Waals surface area contributed by atoms with Crippen molar-refractivity contribution in [2.75, 3.05) is 0 Å². The molecular formula is C17H22O4. The van der Waals surface area contributed by atoms with Gasteiger partial charge < -0.3 is 10.2 Å². The lowest BCUT2D eigenvalue weighted by Gasteiger charge is -2.47. The normalized spacial score (nSPS) is 31.9. The summed E-state index contributed by atoms with van der Waals surface area (Å²) >= 11 is 0. The van der Waals surface area contributed by atoms with Crippen molar-refractivity contribution in [1.82, 2.24) is 0 Å². The quantitative estimate of drug-likeness (QED) is 0.704. The van der Waals surface area contributed by atoms with E-state index in [4.69, 9.17) is 0 Å². The van der Waals surface area contributed by atoms with E-state index in [9.17, 15) is 19.8 Å². The molecule has 0 radical (unpaired) electrons. The fraction of sp³-hybridized carbons (Fsp3) is 0.412. The van der Waals surface area contributed by atoms with Crippen molar-refractivity contribution in [3.05, 3.63) is 49.6 Å². The molecule has 0 saturated heterocycles. The van der Waals surface area contributed by atoms with E-state index in [2.05, 4.69) is 19.7 Å². The van der Waals surface area contributed by atoms with E-state index in [1.807, 2.05) is 0 Å². The number of carbonyl (C=O) groups is 2. The Balaban J connectivity index is 3.61. The lowest BCUT2D eigenvalue weighted by molar-refractivity contribution is -0.163. The van der Waals surface area contributed by atoms with Crippen molar-refractivity contribution in [3.8, 4) is 0 Å². The Hall–Kier alpha value is -2.10. The van der Waals surface area contributed by atoms with Gasteiger partial charge in [-0.25, -0.2) is 0 Å². The van der Waals surface area contributed by atoms with E-state index in [1.54, 1.807) is 13.0 Å². The summed E-state index contributed by atoms with van der Waals surface area (Å²) in [5.41, 5.74) is -1.84. The van der Waals surface area contributed by atoms with Gasteiger partial charge >= 0.3 is 11.9 Å². The molecule has 2 N–H and O–H groups in total. The third-order valence-corrected chi connectivity index (χ3v) is 4.64. The van der Waals surface area contributed by atoms with Crippen LogP contribution >= 0.6 is 0 Å². The van der Waals surface area contributed by atoms with Crippen molar-refractivity contribution < 1.29 is 19.8 Å². The molecule has 0 fully saturated rings. The van der Waals surface area contributed by atoms with Gasteiger partial charge in [0.25, 0.3) is 0 Å². The fourth-order valence-electron chi connectivity index (χ4n) is 3.31. The number of aliphatic carboxylic acids is 2. The van der Waals surface area contributed by atoms with E-state index in [1.165, 1.54) is 18.2 Å². The van der Waals surface area contributed by atoms with Gasteiger partial charge in [0.2, 0.25) is 0 Å². The molecule has 0 heterocycles. The molecule has 1 aliphatic rings. The highest BCUT2D eigenvalue weighted by molar-refractivity contribution is 5.83. The van der Waals surface area contributed by atoms with Gasteiger partial charge in [0.1, 0.15) is 0 Å². The molecule has 0 aromatic heterocycles. The van der Waals surface area contributed by atoms with E-state index in [0.29, 0.717) is 5.57 Å². The summed E-state index contributed by atoms with van der Waals surface area (Å²) in [6.07, 6.45) is 6.87. The highest BCUT2D eigenvalue weighted by Crippen LogP contribution is 2.54. The summed E-state index contributed by atoms with van der Waals surface area (Å²) in [4.78, 5) is 23.8. The van der Waals surface area contributed by atoms with Crippen LogP contribution in [0.3, 0.4) is 0 Å². The van der Waals surface area contributed by atoms with Crippen molar-refractivity contribution in [2.45, 2.75) is 26.2 Å². The van der Waals surface area contributed by atoms with Crippen LogP contribution in [0.1, 0.15) is 26.2 Å². The summed E-state index contributed by atoms with van der Waals surface area (Å²) in [5, 5.41) is 19.5. The molecule has 4 nitrogen and oxygen atoms in total. The van der Waals surface area contributed by atoms with Gasteiger partial charge in [-0.2, -0.15) is 0 Å². The first kappa shape index (κ1) is 17.0. The number of hydrogen-bond donors (Lipinski definition) is 2. The topological polar surface area (TPSA) is 74.6 Å². The van der Waals surface area contributed by atoms with E-state index in [0.717, 1.165) is 0 Å². The summed E-state index contributed by atoms with van der Waals surface area (Å²) in [6.45, 7) is 12.6. The van der Waals surface area contributed by atoms with Gasteiger partial charge in [0.15, 0.2) is 0 Å². The van der Waals surface area contributed by atoms with Crippen LogP contribution in [0, 0.1) is 16.7 Å². The van der Waals surface area contributed by atoms with Crippen molar-refractivity contribution in [2.24, 2.45) is 16.7 Å². The van der Waals surface area contributed by atoms with Gasteiger partial charge in [0.05, 0.1) is 10.8 Å². The smallest absolute Gasteiger partial charge is 0.314 e. The monoisotopic (exact) mass is 290 g/mol. The molecule has 21 heavy (non-hydrogen) atoms. The Bertz CT molecular complexity index is 517. The average molecular weight is 290 g/mol. The molecule has 0 aromatic rings. The summed E-state index contributed by atoms with van der Waals surface area (Å²) in [6, 6.07) is 0. The second-order valence-electron chi connectivity index (χ2n) is 5.61. The summed E-state index contributed by atoms with van der Waals surface area (Å²) in [7, 11) is 0. The Kier molecular flexibility index (Phi) is 4.94. The zero-order valence-electron chi connectivity index (χ0n) is 12.3. The minimum atomic E-state index is -1.29. The Morgan fingerprint density at radius 1 is 1.24 bits per heavy atom. The second kappa shape index (κ2) is 6.12. The zero-order chi connectivity index (χ0) is 16.3. The van der Waals surface area contributed by atoms with Gasteiger partial charge in [-0.05, 0) is 25.2 Å². The molecule has 0 spiro atoms. The van der Waals surface area contributed by atoms with E-state index in [-0.39, 0.29) is 19.3 Å². The SMILES string of the molecule is C=CCC1(C(=O)O)C=C(C=C)CC(CC=C)(C(=O)O)C1C. The third-order valence-electron chi connectivity index (χ3n) is 4.64. The van der Waals surface area contributed by atoms with Gasteiger partial charge in [-0.15, -0.1) is 13.2 Å². The molecule has 0 aliphatic heterocycles. The van der Waals surface area contributed by atoms with Crippen LogP contribution < -0.4 is 0 Å². The van der Waals surface area contributed by atoms with Crippen molar-refractivity contribution in [1.29, 1.82) is 0 Å². The van der Waals surface area contributed by atoms with Crippen molar-refractivity contribution in [3.63, 3.8) is 0 Å². The van der Waals surface area contributed by atoms with Crippen LogP contribution in [0.15, 0.2) is 49.6 Å². The van der Waals surface area contributed by atoms with Crippen LogP contribution in [0.25, 0.3) is 0 Å². The molecule has 3 atom stereocenters. The van der Waals surface area contributed by atoms with Gasteiger partial charge in [-0.3, -0.25) is 9.59 Å². The molecule has 0 bridgehead atoms. The largest absolute Gasteiger partial charge is 0.481 e. The van der Waals surface area contributed by atoms with Crippen LogP contribution in [0.2, 0.25) is 0 Å². The molecule has 114 valence electrons. The number of carboxylic acid groups (broad SMARTS) is 2. The van der Waals surface area contributed by atoms with Crippen LogP contribution in [0.4, 0.5) is 0 Å². The predicted octanol–water partition coefficient (Wildman–Crippen LogP) is 3.43. The number of carboxylic acids is 2. The van der Waals surface area contributed by atoms with Crippen LogP contribution in [-0.2, 0) is 9.59 Å². The van der Waals surface area contributed by atoms with Crippen molar-refractivity contribution >= 4 is 11.9 Å². The molecule has 1 aliphatic carbocycles. The summed E-state index contributed by atoms with van der Waals surface area (Å²) in [5.74, 6) is -2.64. The van der Waals surface area contributed by atoms with E-state index >= 15 is 0 Å². The van der Waals surface area contributed by atoms with Crippen LogP contribution in [0.5, 0.6) is 0 Å². The lowest BCUT2D eigenvalue weighted by Crippen LogP contribution is -2.51. The highest BCUT2D eigenvalue weighted by Gasteiger charge is 2.57. The molecule has 4 heteroatoms. The van der Waals surface area contributed by atoms with Gasteiger partial charge in [0, 0.05) is 0 Å². The Morgan fingerprint density at radius 2 is 1.81 bits per heavy atom. The highest BCUT2D eigenvalue weighted by atomic mass is 16.4. The second-order valence-corrected chi connectivity index (χ2v) is 5.61. The maximum atomic E-state index is 11.9. The average Bonchev–Trinajstić information content (AvgIpc) is 2.42. The minimum absolute atomic E-state index is 0.174. The molecule has 1 rings (SSSR count). The third kappa shape index (κ3) is 2.58. The molecule has 0 aromatic carbocycles. The molecule has 0 saturated carbocycles. The Labute approximate surface area is 125 Å². The first-order valence-electron chi connectivity index (χ1n) is 6.83. The molecular weight excluding hydrogens is 268 g/mol. The predicted molar refractivity (Wildman–Crippen MR) is 81.8 cm³/mol. The summed E-state index contributed by atoms with van der Waals surface area (Å²) < 4.78 is 0. The number of allylic oxidation sites excluding steroid dienone is 4. The lowest BCUT2D eigenvalue weighted by atomic mass is 9.54. The van der Waals surface area contributed by atoms with Crippen LogP contribution in [-0.4, -0.2) is 22.2 Å².